The van der Waals surface area contributed by atoms with Gasteiger partial charge in [0.1, 0.15) is 5.82 Å². The van der Waals surface area contributed by atoms with Crippen molar-refractivity contribution in [3.05, 3.63) is 53.1 Å². The van der Waals surface area contributed by atoms with Crippen LogP contribution in [-0.4, -0.2) is 40.5 Å². The zero-order valence-corrected chi connectivity index (χ0v) is 17.5. The molecule has 1 aliphatic heterocycles. The molecule has 0 atom stereocenters. The predicted molar refractivity (Wildman–Crippen MR) is 111 cm³/mol. The number of imidazole rings is 1. The fourth-order valence-corrected chi connectivity index (χ4v) is 4.10. The van der Waals surface area contributed by atoms with E-state index in [1.165, 1.54) is 5.56 Å². The summed E-state index contributed by atoms with van der Waals surface area (Å²) < 4.78 is 5.49. The molecular weight excluding hydrogens is 350 g/mol. The molecule has 1 saturated heterocycles. The van der Waals surface area contributed by atoms with Gasteiger partial charge < -0.3 is 9.72 Å². The third kappa shape index (κ3) is 4.82. The summed E-state index contributed by atoms with van der Waals surface area (Å²) in [5, 5.41) is 0. The number of H-pyrrole nitrogens is 1. The van der Waals surface area contributed by atoms with Crippen molar-refractivity contribution in [3.63, 3.8) is 0 Å². The van der Waals surface area contributed by atoms with Crippen molar-refractivity contribution < 1.29 is 9.53 Å². The van der Waals surface area contributed by atoms with E-state index in [9.17, 15) is 4.79 Å². The number of aromatic nitrogens is 2. The van der Waals surface area contributed by atoms with E-state index in [-0.39, 0.29) is 11.4 Å². The molecule has 0 amide bonds. The number of likely N-dealkylation sites (tertiary alicyclic amines) is 1. The summed E-state index contributed by atoms with van der Waals surface area (Å²) in [6.07, 6.45) is 4.39. The maximum atomic E-state index is 12.8. The highest BCUT2D eigenvalue weighted by molar-refractivity contribution is 5.77. The molecule has 2 heterocycles. The normalized spacial score (nSPS) is 16.8. The van der Waals surface area contributed by atoms with Gasteiger partial charge in [-0.2, -0.15) is 0 Å². The Morgan fingerprint density at radius 3 is 2.54 bits per heavy atom. The summed E-state index contributed by atoms with van der Waals surface area (Å²) in [6.45, 7) is 9.20. The molecule has 0 spiro atoms. The lowest BCUT2D eigenvalue weighted by atomic mass is 9.74. The number of aromatic amines is 1. The summed E-state index contributed by atoms with van der Waals surface area (Å²) in [5.41, 5.74) is 3.21. The van der Waals surface area contributed by atoms with Crippen LogP contribution in [0.3, 0.4) is 0 Å². The molecule has 0 radical (unpaired) electrons. The van der Waals surface area contributed by atoms with Crippen LogP contribution in [0.25, 0.3) is 0 Å². The van der Waals surface area contributed by atoms with Crippen LogP contribution in [0.15, 0.2) is 30.3 Å². The van der Waals surface area contributed by atoms with Gasteiger partial charge in [0.05, 0.1) is 17.7 Å². The second-order valence-electron chi connectivity index (χ2n) is 7.87. The number of hydrogen-bond acceptors (Lipinski definition) is 4. The Bertz CT molecular complexity index is 761. The second kappa shape index (κ2) is 9.37. The Labute approximate surface area is 168 Å². The molecule has 0 aliphatic carbocycles. The maximum Gasteiger partial charge on any atom is 0.312 e. The minimum atomic E-state index is -0.364. The highest BCUT2D eigenvalue weighted by Gasteiger charge is 2.42. The molecule has 0 saturated carbocycles. The van der Waals surface area contributed by atoms with Gasteiger partial charge in [-0.1, -0.05) is 37.3 Å². The van der Waals surface area contributed by atoms with E-state index in [2.05, 4.69) is 48.0 Å². The first kappa shape index (κ1) is 20.6. The van der Waals surface area contributed by atoms with Crippen molar-refractivity contribution >= 4 is 5.97 Å². The van der Waals surface area contributed by atoms with E-state index in [1.54, 1.807) is 0 Å². The molecule has 1 fully saturated rings. The number of aryl methyl sites for hydroxylation is 3. The van der Waals surface area contributed by atoms with Gasteiger partial charge in [0.15, 0.2) is 0 Å². The van der Waals surface area contributed by atoms with Gasteiger partial charge in [-0.3, -0.25) is 9.69 Å². The molecule has 0 unspecified atom stereocenters. The van der Waals surface area contributed by atoms with Crippen molar-refractivity contribution in [1.29, 1.82) is 0 Å². The van der Waals surface area contributed by atoms with Crippen LogP contribution in [0.2, 0.25) is 0 Å². The number of piperidine rings is 1. The number of rotatable bonds is 8. The Morgan fingerprint density at radius 1 is 1.21 bits per heavy atom. The Kier molecular flexibility index (Phi) is 6.89. The highest BCUT2D eigenvalue weighted by atomic mass is 16.5. The summed E-state index contributed by atoms with van der Waals surface area (Å²) in [6, 6.07) is 10.4. The third-order valence-corrected chi connectivity index (χ3v) is 6.00. The average molecular weight is 384 g/mol. The van der Waals surface area contributed by atoms with Gasteiger partial charge in [0, 0.05) is 18.7 Å². The fourth-order valence-electron chi connectivity index (χ4n) is 4.10. The molecule has 0 bridgehead atoms. The van der Waals surface area contributed by atoms with E-state index in [4.69, 9.17) is 9.72 Å². The van der Waals surface area contributed by atoms with Crippen LogP contribution in [-0.2, 0) is 28.9 Å². The lowest BCUT2D eigenvalue weighted by molar-refractivity contribution is -0.159. The number of hydrogen-bond donors (Lipinski definition) is 1. The first-order valence-corrected chi connectivity index (χ1v) is 10.5. The average Bonchev–Trinajstić information content (AvgIpc) is 3.08. The minimum absolute atomic E-state index is 0.0187. The number of nitrogens with zero attached hydrogens (tertiary/aromatic N) is 2. The number of carbonyl (C=O) groups excluding carboxylic acids is 1. The number of carbonyl (C=O) groups is 1. The predicted octanol–water partition coefficient (Wildman–Crippen LogP) is 4.06. The molecule has 1 aliphatic rings. The monoisotopic (exact) mass is 383 g/mol. The zero-order valence-electron chi connectivity index (χ0n) is 17.5. The molecule has 152 valence electrons. The van der Waals surface area contributed by atoms with Crippen LogP contribution in [0.5, 0.6) is 0 Å². The maximum absolute atomic E-state index is 12.8. The van der Waals surface area contributed by atoms with E-state index in [1.807, 2.05) is 13.0 Å². The van der Waals surface area contributed by atoms with Crippen molar-refractivity contribution in [2.24, 2.45) is 5.41 Å². The lowest BCUT2D eigenvalue weighted by Gasteiger charge is -2.40. The van der Waals surface area contributed by atoms with Gasteiger partial charge in [-0.15, -0.1) is 0 Å². The van der Waals surface area contributed by atoms with Gasteiger partial charge in [0.25, 0.3) is 0 Å². The molecule has 1 aromatic carbocycles. The molecule has 5 nitrogen and oxygen atoms in total. The largest absolute Gasteiger partial charge is 0.466 e. The van der Waals surface area contributed by atoms with Gasteiger partial charge in [-0.05, 0) is 58.2 Å². The summed E-state index contributed by atoms with van der Waals surface area (Å²) >= 11 is 0. The van der Waals surface area contributed by atoms with Crippen molar-refractivity contribution in [1.82, 2.24) is 14.9 Å². The molecular formula is C23H33N3O2. The van der Waals surface area contributed by atoms with Crippen LogP contribution >= 0.6 is 0 Å². The molecule has 1 N–H and O–H groups in total. The first-order chi connectivity index (χ1) is 13.6. The van der Waals surface area contributed by atoms with Crippen molar-refractivity contribution in [3.8, 4) is 0 Å². The fraction of sp³-hybridized carbons (Fsp3) is 0.565. The number of benzene rings is 1. The van der Waals surface area contributed by atoms with Gasteiger partial charge in [0.2, 0.25) is 0 Å². The quantitative estimate of drug-likeness (QED) is 0.699. The second-order valence-corrected chi connectivity index (χ2v) is 7.87. The van der Waals surface area contributed by atoms with E-state index >= 15 is 0 Å². The smallest absolute Gasteiger partial charge is 0.312 e. The third-order valence-electron chi connectivity index (χ3n) is 6.00. The Hall–Kier alpha value is -2.14. The first-order valence-electron chi connectivity index (χ1n) is 10.5. The molecule has 5 heteroatoms. The highest BCUT2D eigenvalue weighted by Crippen LogP contribution is 2.38. The van der Waals surface area contributed by atoms with E-state index in [0.29, 0.717) is 6.61 Å². The lowest BCUT2D eigenvalue weighted by Crippen LogP contribution is -2.45. The van der Waals surface area contributed by atoms with Gasteiger partial charge >= 0.3 is 5.97 Å². The van der Waals surface area contributed by atoms with Crippen molar-refractivity contribution in [2.45, 2.75) is 59.4 Å². The zero-order chi connectivity index (χ0) is 20.0. The van der Waals surface area contributed by atoms with Crippen LogP contribution in [0, 0.1) is 12.3 Å². The molecule has 28 heavy (non-hydrogen) atoms. The van der Waals surface area contributed by atoms with Crippen LogP contribution in [0.4, 0.5) is 0 Å². The van der Waals surface area contributed by atoms with Crippen LogP contribution in [0.1, 0.15) is 55.9 Å². The SMILES string of the molecule is CCOC(=O)C1(CCc2ccccc2)CCN(Cc2nc(CC)[nH]c2C)CC1. The minimum Gasteiger partial charge on any atom is -0.466 e. The molecule has 2 aromatic rings. The Balaban J connectivity index is 1.64. The van der Waals surface area contributed by atoms with E-state index < -0.39 is 0 Å². The topological polar surface area (TPSA) is 58.2 Å². The summed E-state index contributed by atoms with van der Waals surface area (Å²) in [4.78, 5) is 23.3. The molecule has 1 aromatic heterocycles. The Morgan fingerprint density at radius 2 is 1.93 bits per heavy atom. The summed E-state index contributed by atoms with van der Waals surface area (Å²) in [7, 11) is 0. The number of ether oxygens (including phenoxy) is 1. The van der Waals surface area contributed by atoms with E-state index in [0.717, 1.165) is 69.0 Å². The summed E-state index contributed by atoms with van der Waals surface area (Å²) in [5.74, 6) is 1.03. The number of esters is 1. The van der Waals surface area contributed by atoms with Crippen molar-refractivity contribution in [2.75, 3.05) is 19.7 Å². The standard InChI is InChI=1S/C23H33N3O2/c1-4-21-24-18(3)20(25-21)17-26-15-13-23(14-16-26,22(27)28-5-2)12-11-19-9-7-6-8-10-19/h6-10H,4-5,11-17H2,1-3H3,(H,24,25). The number of nitrogens with one attached hydrogen (secondary N) is 1. The molecule has 3 rings (SSSR count). The van der Waals surface area contributed by atoms with Gasteiger partial charge in [-0.25, -0.2) is 4.98 Å². The van der Waals surface area contributed by atoms with Crippen LogP contribution < -0.4 is 0 Å².